The number of H-pyrrole nitrogens is 1. The molecule has 1 heterocycles. The van der Waals surface area contributed by atoms with E-state index >= 15 is 0 Å². The number of nitrogens with two attached hydrogens (primary N) is 1. The van der Waals surface area contributed by atoms with Crippen molar-refractivity contribution in [1.82, 2.24) is 9.97 Å². The van der Waals surface area contributed by atoms with Crippen LogP contribution in [0, 0.1) is 5.82 Å². The number of aromatic amines is 1. The molecule has 6 heteroatoms. The van der Waals surface area contributed by atoms with Crippen molar-refractivity contribution in [3.05, 3.63) is 40.6 Å². The van der Waals surface area contributed by atoms with Crippen LogP contribution in [0.5, 0.6) is 0 Å². The molecule has 0 aliphatic rings. The smallest absolute Gasteiger partial charge is 0.139 e. The molecule has 0 aliphatic heterocycles. The zero-order valence-electron chi connectivity index (χ0n) is 9.71. The molecule has 0 unspecified atom stereocenters. The first-order valence-corrected chi connectivity index (χ1v) is 6.43. The first kappa shape index (κ1) is 12.9. The summed E-state index contributed by atoms with van der Waals surface area (Å²) < 4.78 is 13.7. The zero-order valence-corrected chi connectivity index (χ0v) is 11.3. The van der Waals surface area contributed by atoms with Gasteiger partial charge in [-0.05, 0) is 28.4 Å². The van der Waals surface area contributed by atoms with Crippen LogP contribution in [0.25, 0.3) is 0 Å². The molecule has 0 saturated heterocycles. The van der Waals surface area contributed by atoms with Crippen molar-refractivity contribution in [1.29, 1.82) is 0 Å². The van der Waals surface area contributed by atoms with Crippen LogP contribution in [0.3, 0.4) is 0 Å². The molecule has 0 aliphatic carbocycles. The van der Waals surface area contributed by atoms with E-state index in [1.54, 1.807) is 18.5 Å². The summed E-state index contributed by atoms with van der Waals surface area (Å²) in [5.74, 6) is 0.629. The van der Waals surface area contributed by atoms with E-state index in [0.717, 1.165) is 18.7 Å². The maximum absolute atomic E-state index is 13.3. The Labute approximate surface area is 113 Å². The summed E-state index contributed by atoms with van der Waals surface area (Å²) in [6.07, 6.45) is 5.26. The number of nitrogen functional groups attached to an aromatic ring is 1. The van der Waals surface area contributed by atoms with Gasteiger partial charge in [-0.1, -0.05) is 0 Å². The number of hydrogen-bond donors (Lipinski definition) is 3. The van der Waals surface area contributed by atoms with Crippen LogP contribution < -0.4 is 11.1 Å². The number of rotatable bonds is 5. The van der Waals surface area contributed by atoms with Crippen molar-refractivity contribution in [2.45, 2.75) is 12.8 Å². The van der Waals surface area contributed by atoms with Crippen LogP contribution in [-0.2, 0) is 6.42 Å². The Morgan fingerprint density at radius 3 is 3.00 bits per heavy atom. The third-order valence-corrected chi connectivity index (χ3v) is 3.16. The third kappa shape index (κ3) is 3.22. The molecule has 0 spiro atoms. The minimum Gasteiger partial charge on any atom is -0.397 e. The van der Waals surface area contributed by atoms with Crippen molar-refractivity contribution in [3.63, 3.8) is 0 Å². The molecular formula is C12H14BrFN4. The Balaban J connectivity index is 1.85. The Morgan fingerprint density at radius 1 is 1.44 bits per heavy atom. The van der Waals surface area contributed by atoms with Gasteiger partial charge in [0.1, 0.15) is 11.6 Å². The second-order valence-electron chi connectivity index (χ2n) is 3.92. The molecule has 1 aromatic heterocycles. The summed E-state index contributed by atoms with van der Waals surface area (Å²) in [5.41, 5.74) is 6.94. The van der Waals surface area contributed by atoms with Crippen molar-refractivity contribution < 1.29 is 4.39 Å². The summed E-state index contributed by atoms with van der Waals surface area (Å²) >= 11 is 3.09. The number of aryl methyl sites for hydroxylation is 1. The van der Waals surface area contributed by atoms with Crippen molar-refractivity contribution in [2.75, 3.05) is 17.6 Å². The molecule has 2 aromatic rings. The molecule has 2 rings (SSSR count). The summed E-state index contributed by atoms with van der Waals surface area (Å²) in [6, 6.07) is 2.95. The minimum atomic E-state index is -0.322. The lowest BCUT2D eigenvalue weighted by Gasteiger charge is -2.09. The van der Waals surface area contributed by atoms with Gasteiger partial charge in [-0.25, -0.2) is 9.37 Å². The van der Waals surface area contributed by atoms with Gasteiger partial charge in [0.2, 0.25) is 0 Å². The van der Waals surface area contributed by atoms with Gasteiger partial charge in [0, 0.05) is 31.4 Å². The van der Waals surface area contributed by atoms with E-state index in [9.17, 15) is 4.39 Å². The lowest BCUT2D eigenvalue weighted by Crippen LogP contribution is -2.06. The second-order valence-corrected chi connectivity index (χ2v) is 4.77. The third-order valence-electron chi connectivity index (χ3n) is 2.55. The molecule has 96 valence electrons. The van der Waals surface area contributed by atoms with Crippen molar-refractivity contribution in [2.24, 2.45) is 0 Å². The highest BCUT2D eigenvalue weighted by atomic mass is 79.9. The predicted molar refractivity (Wildman–Crippen MR) is 73.9 cm³/mol. The fraction of sp³-hybridized carbons (Fsp3) is 0.250. The molecule has 0 fully saturated rings. The van der Waals surface area contributed by atoms with Gasteiger partial charge < -0.3 is 16.0 Å². The van der Waals surface area contributed by atoms with Crippen LogP contribution in [0.4, 0.5) is 15.8 Å². The number of hydrogen-bond acceptors (Lipinski definition) is 3. The van der Waals surface area contributed by atoms with Crippen LogP contribution in [0.15, 0.2) is 29.0 Å². The Bertz CT molecular complexity index is 513. The topological polar surface area (TPSA) is 66.7 Å². The summed E-state index contributed by atoms with van der Waals surface area (Å²) in [7, 11) is 0. The maximum Gasteiger partial charge on any atom is 0.139 e. The number of anilines is 2. The average Bonchev–Trinajstić information content (AvgIpc) is 2.84. The highest BCUT2D eigenvalue weighted by molar-refractivity contribution is 9.10. The predicted octanol–water partition coefficient (Wildman–Crippen LogP) is 2.94. The first-order valence-electron chi connectivity index (χ1n) is 5.63. The van der Waals surface area contributed by atoms with Crippen LogP contribution in [0.1, 0.15) is 12.2 Å². The highest BCUT2D eigenvalue weighted by Gasteiger charge is 2.05. The molecular weight excluding hydrogens is 299 g/mol. The summed E-state index contributed by atoms with van der Waals surface area (Å²) in [6.45, 7) is 0.714. The molecule has 4 nitrogen and oxygen atoms in total. The number of aromatic nitrogens is 2. The lowest BCUT2D eigenvalue weighted by atomic mass is 10.2. The van der Waals surface area contributed by atoms with Crippen LogP contribution >= 0.6 is 15.9 Å². The molecule has 0 bridgehead atoms. The normalized spacial score (nSPS) is 10.6. The zero-order chi connectivity index (χ0) is 13.0. The standard InChI is InChI=1S/C12H14BrFN4/c13-8-6-10(15)11(7-9(8)14)16-3-1-2-12-17-4-5-18-12/h4-7,16H,1-3,15H2,(H,17,18). The van der Waals surface area contributed by atoms with E-state index in [4.69, 9.17) is 5.73 Å². The quantitative estimate of drug-likeness (QED) is 0.587. The number of imidazole rings is 1. The van der Waals surface area contributed by atoms with Gasteiger partial charge >= 0.3 is 0 Å². The lowest BCUT2D eigenvalue weighted by molar-refractivity contribution is 0.621. The van der Waals surface area contributed by atoms with Gasteiger partial charge in [0.15, 0.2) is 0 Å². The number of nitrogens with zero attached hydrogens (tertiary/aromatic N) is 1. The average molecular weight is 313 g/mol. The molecule has 0 radical (unpaired) electrons. The Morgan fingerprint density at radius 2 is 2.28 bits per heavy atom. The second kappa shape index (κ2) is 5.86. The van der Waals surface area contributed by atoms with Gasteiger partial charge in [-0.3, -0.25) is 0 Å². The number of benzene rings is 1. The van der Waals surface area contributed by atoms with Gasteiger partial charge in [0.05, 0.1) is 15.8 Å². The van der Waals surface area contributed by atoms with Gasteiger partial charge in [-0.15, -0.1) is 0 Å². The summed E-state index contributed by atoms with van der Waals surface area (Å²) in [4.78, 5) is 7.16. The minimum absolute atomic E-state index is 0.322. The van der Waals surface area contributed by atoms with E-state index in [-0.39, 0.29) is 5.82 Å². The maximum atomic E-state index is 13.3. The largest absolute Gasteiger partial charge is 0.397 e. The molecule has 18 heavy (non-hydrogen) atoms. The van der Waals surface area contributed by atoms with Crippen LogP contribution in [-0.4, -0.2) is 16.5 Å². The van der Waals surface area contributed by atoms with Crippen molar-refractivity contribution >= 4 is 27.3 Å². The van der Waals surface area contributed by atoms with E-state index in [1.807, 2.05) is 0 Å². The first-order chi connectivity index (χ1) is 8.66. The fourth-order valence-electron chi connectivity index (χ4n) is 1.63. The monoisotopic (exact) mass is 312 g/mol. The summed E-state index contributed by atoms with van der Waals surface area (Å²) in [5, 5.41) is 3.12. The fourth-order valence-corrected chi connectivity index (χ4v) is 1.99. The highest BCUT2D eigenvalue weighted by Crippen LogP contribution is 2.26. The van der Waals surface area contributed by atoms with Gasteiger partial charge in [-0.2, -0.15) is 0 Å². The molecule has 0 saturated carbocycles. The Hall–Kier alpha value is -1.56. The SMILES string of the molecule is Nc1cc(Br)c(F)cc1NCCCc1ncc[nH]1. The van der Waals surface area contributed by atoms with Gasteiger partial charge in [0.25, 0.3) is 0 Å². The molecule has 0 amide bonds. The van der Waals surface area contributed by atoms with Crippen molar-refractivity contribution in [3.8, 4) is 0 Å². The molecule has 1 aromatic carbocycles. The van der Waals surface area contributed by atoms with E-state index in [0.29, 0.717) is 22.4 Å². The van der Waals surface area contributed by atoms with E-state index in [1.165, 1.54) is 6.07 Å². The number of halogens is 2. The van der Waals surface area contributed by atoms with E-state index < -0.39 is 0 Å². The molecule has 4 N–H and O–H groups in total. The Kier molecular flexibility index (Phi) is 4.19. The van der Waals surface area contributed by atoms with Crippen LogP contribution in [0.2, 0.25) is 0 Å². The molecule has 0 atom stereocenters. The van der Waals surface area contributed by atoms with E-state index in [2.05, 4.69) is 31.2 Å². The number of nitrogens with one attached hydrogen (secondary N) is 2.